The number of phenols is 1. The summed E-state index contributed by atoms with van der Waals surface area (Å²) in [6, 6.07) is 2.89. The number of hydrogen-bond acceptors (Lipinski definition) is 9. The van der Waals surface area contributed by atoms with Crippen LogP contribution in [0.3, 0.4) is 0 Å². The van der Waals surface area contributed by atoms with Gasteiger partial charge >= 0.3 is 6.09 Å². The van der Waals surface area contributed by atoms with Gasteiger partial charge in [-0.2, -0.15) is 0 Å². The van der Waals surface area contributed by atoms with Crippen molar-refractivity contribution in [2.75, 3.05) is 6.61 Å². The summed E-state index contributed by atoms with van der Waals surface area (Å²) in [7, 11) is 0. The minimum Gasteiger partial charge on any atom is -0.507 e. The highest BCUT2D eigenvalue weighted by Crippen LogP contribution is 2.51. The maximum Gasteiger partial charge on any atom is 0.407 e. The van der Waals surface area contributed by atoms with Crippen molar-refractivity contribution in [3.8, 4) is 5.75 Å². The van der Waals surface area contributed by atoms with Crippen LogP contribution in [0.15, 0.2) is 17.7 Å². The molecule has 1 aromatic carbocycles. The lowest BCUT2D eigenvalue weighted by Gasteiger charge is -2.48. The molecule has 11 nitrogen and oxygen atoms in total. The number of aliphatic hydroxyl groups is 3. The standard InChI is InChI=1S/C25H30N2O9/c1-10(2)9-36-24(34)27-8-11-3-4-15(28)18-14(11)6-12-5-13-7-16(29)19(23(26)33)22(32)25(13,35)21(31)17(12)20(18)30/h3-4,10,12-13,16,19,28-30,35H,5-9H2,1-2H3,(H2,26,33)(H,27,34)/t12-,13+,16?,19?,25+/m1/s1. The first-order chi connectivity index (χ1) is 16.9. The molecule has 0 radical (unpaired) electrons. The van der Waals surface area contributed by atoms with Gasteiger partial charge in [0.1, 0.15) is 17.4 Å². The molecule has 0 aliphatic heterocycles. The number of Topliss-reactive ketones (excluding diaryl/α,β-unsaturated/α-hetero) is 2. The number of phenolic OH excluding ortho intramolecular Hbond substituents is 1. The summed E-state index contributed by atoms with van der Waals surface area (Å²) >= 11 is 0. The number of ketones is 2. The molecule has 2 amide bonds. The molecule has 2 fully saturated rings. The van der Waals surface area contributed by atoms with Crippen LogP contribution in [-0.4, -0.2) is 62.3 Å². The Morgan fingerprint density at radius 3 is 2.56 bits per heavy atom. The van der Waals surface area contributed by atoms with Gasteiger partial charge in [-0.3, -0.25) is 14.4 Å². The Hall–Kier alpha value is -3.44. The minimum absolute atomic E-state index is 0.0266. The van der Waals surface area contributed by atoms with Crippen LogP contribution in [0.25, 0.3) is 5.76 Å². The van der Waals surface area contributed by atoms with Gasteiger partial charge in [-0.1, -0.05) is 19.9 Å². The lowest BCUT2D eigenvalue weighted by atomic mass is 9.56. The van der Waals surface area contributed by atoms with Crippen LogP contribution in [0.4, 0.5) is 4.79 Å². The Labute approximate surface area is 206 Å². The Kier molecular flexibility index (Phi) is 6.56. The highest BCUT2D eigenvalue weighted by molar-refractivity contribution is 6.24. The first-order valence-corrected chi connectivity index (χ1v) is 11.8. The van der Waals surface area contributed by atoms with E-state index in [1.165, 1.54) is 6.07 Å². The fourth-order valence-electron chi connectivity index (χ4n) is 5.62. The van der Waals surface area contributed by atoms with E-state index in [2.05, 4.69) is 5.32 Å². The Bertz CT molecular complexity index is 1170. The molecule has 0 saturated heterocycles. The molecule has 0 heterocycles. The van der Waals surface area contributed by atoms with Crippen molar-refractivity contribution in [2.24, 2.45) is 29.4 Å². The average Bonchev–Trinajstić information content (AvgIpc) is 2.79. The largest absolute Gasteiger partial charge is 0.507 e. The smallest absolute Gasteiger partial charge is 0.407 e. The van der Waals surface area contributed by atoms with Crippen LogP contribution < -0.4 is 11.1 Å². The van der Waals surface area contributed by atoms with Crippen molar-refractivity contribution in [3.63, 3.8) is 0 Å². The molecule has 194 valence electrons. The number of nitrogens with two attached hydrogens (primary N) is 1. The molecule has 11 heteroatoms. The molecule has 0 aromatic heterocycles. The number of benzene rings is 1. The Morgan fingerprint density at radius 1 is 1.22 bits per heavy atom. The van der Waals surface area contributed by atoms with Crippen molar-refractivity contribution in [1.29, 1.82) is 0 Å². The summed E-state index contributed by atoms with van der Waals surface area (Å²) in [5.74, 6) is -7.49. The van der Waals surface area contributed by atoms with Crippen molar-refractivity contribution in [1.82, 2.24) is 5.32 Å². The molecule has 1 aromatic rings. The van der Waals surface area contributed by atoms with Crippen molar-refractivity contribution in [2.45, 2.75) is 51.4 Å². The van der Waals surface area contributed by atoms with Gasteiger partial charge in [0.15, 0.2) is 11.4 Å². The van der Waals surface area contributed by atoms with E-state index in [0.29, 0.717) is 11.1 Å². The second-order valence-electron chi connectivity index (χ2n) is 10.2. The van der Waals surface area contributed by atoms with E-state index in [1.807, 2.05) is 13.8 Å². The normalized spacial score (nSPS) is 29.4. The van der Waals surface area contributed by atoms with Crippen LogP contribution in [0.1, 0.15) is 43.4 Å². The number of alkyl carbamates (subject to hydrolysis) is 1. The maximum atomic E-state index is 13.5. The van der Waals surface area contributed by atoms with Crippen LogP contribution in [0.2, 0.25) is 0 Å². The molecule has 0 bridgehead atoms. The molecule has 2 saturated carbocycles. The zero-order chi connectivity index (χ0) is 26.5. The molecule has 36 heavy (non-hydrogen) atoms. The van der Waals surface area contributed by atoms with Crippen LogP contribution in [-0.2, 0) is 32.1 Å². The van der Waals surface area contributed by atoms with E-state index in [0.717, 1.165) is 0 Å². The zero-order valence-electron chi connectivity index (χ0n) is 20.0. The quantitative estimate of drug-likeness (QED) is 0.310. The second-order valence-corrected chi connectivity index (χ2v) is 10.2. The number of ether oxygens (including phenoxy) is 1. The highest BCUT2D eigenvalue weighted by atomic mass is 16.5. The molecule has 3 aliphatic carbocycles. The first-order valence-electron chi connectivity index (χ1n) is 11.8. The van der Waals surface area contributed by atoms with Gasteiger partial charge in [0.25, 0.3) is 0 Å². The van der Waals surface area contributed by atoms with Crippen molar-refractivity contribution >= 4 is 29.3 Å². The second kappa shape index (κ2) is 9.21. The fourth-order valence-corrected chi connectivity index (χ4v) is 5.62. The van der Waals surface area contributed by atoms with E-state index in [4.69, 9.17) is 10.5 Å². The molecular formula is C25H30N2O9. The topological polar surface area (TPSA) is 196 Å². The molecule has 2 unspecified atom stereocenters. The number of amides is 2. The van der Waals surface area contributed by atoms with Gasteiger partial charge in [-0.25, -0.2) is 4.79 Å². The molecule has 0 spiro atoms. The number of fused-ring (bicyclic) bond motifs is 3. The predicted molar refractivity (Wildman–Crippen MR) is 124 cm³/mol. The monoisotopic (exact) mass is 502 g/mol. The van der Waals surface area contributed by atoms with E-state index >= 15 is 0 Å². The molecule has 3 aliphatic rings. The first kappa shape index (κ1) is 25.6. The summed E-state index contributed by atoms with van der Waals surface area (Å²) < 4.78 is 5.11. The number of hydrogen-bond donors (Lipinski definition) is 6. The van der Waals surface area contributed by atoms with E-state index in [1.54, 1.807) is 6.07 Å². The van der Waals surface area contributed by atoms with E-state index in [9.17, 15) is 39.6 Å². The molecule has 5 atom stereocenters. The number of primary amides is 1. The van der Waals surface area contributed by atoms with Gasteiger partial charge in [-0.05, 0) is 48.3 Å². The van der Waals surface area contributed by atoms with Crippen molar-refractivity contribution in [3.05, 3.63) is 34.4 Å². The summed E-state index contributed by atoms with van der Waals surface area (Å²) in [6.45, 7) is 4.07. The molecule has 7 N–H and O–H groups in total. The van der Waals surface area contributed by atoms with E-state index in [-0.39, 0.29) is 55.2 Å². The summed E-state index contributed by atoms with van der Waals surface area (Å²) in [5, 5.41) is 45.8. The van der Waals surface area contributed by atoms with E-state index < -0.39 is 58.8 Å². The lowest BCUT2D eigenvalue weighted by Crippen LogP contribution is -2.66. The van der Waals surface area contributed by atoms with Gasteiger partial charge in [-0.15, -0.1) is 0 Å². The minimum atomic E-state index is -2.62. The average molecular weight is 503 g/mol. The third-order valence-electron chi connectivity index (χ3n) is 7.34. The molecule has 4 rings (SSSR count). The number of carbonyl (C=O) groups is 4. The summed E-state index contributed by atoms with van der Waals surface area (Å²) in [6.07, 6.45) is -2.03. The third-order valence-corrected chi connectivity index (χ3v) is 7.34. The molecular weight excluding hydrogens is 472 g/mol. The SMILES string of the molecule is CC(C)COC(=O)NCc1ccc(O)c2c1C[C@H]1C[C@H]3CC(O)C(C(N)=O)C(=O)[C@@]3(O)C(=O)C1=C2O. The van der Waals surface area contributed by atoms with Gasteiger partial charge in [0.05, 0.1) is 18.3 Å². The highest BCUT2D eigenvalue weighted by Gasteiger charge is 2.63. The maximum absolute atomic E-state index is 13.5. The van der Waals surface area contributed by atoms with Crippen molar-refractivity contribution < 1.29 is 44.3 Å². The zero-order valence-corrected chi connectivity index (χ0v) is 20.0. The Balaban J connectivity index is 1.70. The lowest BCUT2D eigenvalue weighted by molar-refractivity contribution is -0.174. The summed E-state index contributed by atoms with van der Waals surface area (Å²) in [4.78, 5) is 50.3. The third kappa shape index (κ3) is 4.01. The van der Waals surface area contributed by atoms with Crippen LogP contribution in [0, 0.1) is 23.7 Å². The fraction of sp³-hybridized carbons (Fsp3) is 0.520. The predicted octanol–water partition coefficient (Wildman–Crippen LogP) is 0.471. The number of aromatic hydroxyl groups is 1. The van der Waals surface area contributed by atoms with Gasteiger partial charge < -0.3 is 36.2 Å². The van der Waals surface area contributed by atoms with Gasteiger partial charge in [0.2, 0.25) is 11.7 Å². The number of nitrogens with one attached hydrogen (secondary N) is 1. The van der Waals surface area contributed by atoms with Gasteiger partial charge in [0, 0.05) is 18.0 Å². The number of aliphatic hydroxyl groups excluding tert-OH is 2. The van der Waals surface area contributed by atoms with Crippen LogP contribution >= 0.6 is 0 Å². The van der Waals surface area contributed by atoms with Crippen LogP contribution in [0.5, 0.6) is 5.75 Å². The Morgan fingerprint density at radius 2 is 1.92 bits per heavy atom. The summed E-state index contributed by atoms with van der Waals surface area (Å²) in [5.41, 5.74) is 3.46. The number of rotatable bonds is 5. The number of carbonyl (C=O) groups excluding carboxylic acids is 4.